The quantitative estimate of drug-likeness (QED) is 0.779. The van der Waals surface area contributed by atoms with E-state index in [1.54, 1.807) is 0 Å². The molecule has 1 fully saturated rings. The normalized spacial score (nSPS) is 22.5. The molecule has 0 bridgehead atoms. The lowest BCUT2D eigenvalue weighted by molar-refractivity contribution is 0.0960. The molecule has 1 amide bonds. The van der Waals surface area contributed by atoms with Gasteiger partial charge in [-0.3, -0.25) is 4.79 Å². The van der Waals surface area contributed by atoms with Crippen molar-refractivity contribution in [2.24, 2.45) is 5.92 Å². The largest absolute Gasteiger partial charge is 0.397 e. The van der Waals surface area contributed by atoms with Crippen molar-refractivity contribution in [3.05, 3.63) is 10.9 Å². The van der Waals surface area contributed by atoms with Crippen LogP contribution in [-0.2, 0) is 0 Å². The molecule has 0 atom stereocenters. The molecule has 1 aromatic rings. The van der Waals surface area contributed by atoms with E-state index >= 15 is 0 Å². The van der Waals surface area contributed by atoms with E-state index in [1.165, 1.54) is 43.4 Å². The van der Waals surface area contributed by atoms with Gasteiger partial charge in [0.2, 0.25) is 0 Å². The van der Waals surface area contributed by atoms with Gasteiger partial charge in [0.25, 0.3) is 5.91 Å². The molecule has 1 aliphatic rings. The van der Waals surface area contributed by atoms with Crippen LogP contribution in [0.1, 0.15) is 55.6 Å². The lowest BCUT2D eigenvalue weighted by Crippen LogP contribution is -2.25. The van der Waals surface area contributed by atoms with Gasteiger partial charge in [0.15, 0.2) is 0 Å². The summed E-state index contributed by atoms with van der Waals surface area (Å²) in [6, 6.07) is 2.42. The molecule has 20 heavy (non-hydrogen) atoms. The summed E-state index contributed by atoms with van der Waals surface area (Å²) in [7, 11) is 0. The highest BCUT2D eigenvalue weighted by molar-refractivity contribution is 7.18. The van der Waals surface area contributed by atoms with Gasteiger partial charge >= 0.3 is 0 Å². The minimum Gasteiger partial charge on any atom is -0.397 e. The molecule has 112 valence electrons. The van der Waals surface area contributed by atoms with E-state index in [0.717, 1.165) is 10.9 Å². The Bertz CT molecular complexity index is 450. The zero-order chi connectivity index (χ0) is 14.5. The second-order valence-corrected chi connectivity index (χ2v) is 6.58. The summed E-state index contributed by atoms with van der Waals surface area (Å²) in [6.07, 6.45) is 6.33. The van der Waals surface area contributed by atoms with Gasteiger partial charge in [-0.15, -0.1) is 11.3 Å². The molecule has 0 saturated heterocycles. The second-order valence-electron chi connectivity index (χ2n) is 5.52. The molecule has 0 unspecified atom stereocenters. The Morgan fingerprint density at radius 2 is 2.05 bits per heavy atom. The fourth-order valence-corrected chi connectivity index (χ4v) is 3.78. The van der Waals surface area contributed by atoms with Gasteiger partial charge in [0, 0.05) is 12.6 Å². The van der Waals surface area contributed by atoms with Gasteiger partial charge in [0.05, 0.1) is 10.7 Å². The van der Waals surface area contributed by atoms with Crippen molar-refractivity contribution in [3.63, 3.8) is 0 Å². The van der Waals surface area contributed by atoms with Crippen molar-refractivity contribution in [2.75, 3.05) is 17.6 Å². The Balaban J connectivity index is 1.94. The SMILES string of the molecule is CCNC(=O)c1sc(NC2CCC(CC)CC2)cc1N. The number of anilines is 2. The topological polar surface area (TPSA) is 67.2 Å². The number of amides is 1. The predicted molar refractivity (Wildman–Crippen MR) is 86.4 cm³/mol. The average molecular weight is 295 g/mol. The van der Waals surface area contributed by atoms with E-state index < -0.39 is 0 Å². The van der Waals surface area contributed by atoms with E-state index in [9.17, 15) is 4.79 Å². The molecule has 0 aromatic carbocycles. The van der Waals surface area contributed by atoms with Gasteiger partial charge in [-0.25, -0.2) is 0 Å². The van der Waals surface area contributed by atoms with E-state index in [0.29, 0.717) is 23.2 Å². The Morgan fingerprint density at radius 3 is 2.65 bits per heavy atom. The third kappa shape index (κ3) is 3.66. The zero-order valence-electron chi connectivity index (χ0n) is 12.4. The summed E-state index contributed by atoms with van der Waals surface area (Å²) < 4.78 is 0. The molecular weight excluding hydrogens is 270 g/mol. The van der Waals surface area contributed by atoms with Crippen LogP contribution < -0.4 is 16.4 Å². The molecule has 5 heteroatoms. The van der Waals surface area contributed by atoms with Crippen LogP contribution in [0.3, 0.4) is 0 Å². The Kier molecular flexibility index (Phi) is 5.29. The van der Waals surface area contributed by atoms with Crippen molar-refractivity contribution >= 4 is 27.9 Å². The van der Waals surface area contributed by atoms with Gasteiger partial charge in [-0.05, 0) is 44.6 Å². The summed E-state index contributed by atoms with van der Waals surface area (Å²) >= 11 is 1.46. The maximum Gasteiger partial charge on any atom is 0.263 e. The number of carbonyl (C=O) groups is 1. The summed E-state index contributed by atoms with van der Waals surface area (Å²) in [6.45, 7) is 4.81. The number of thiophene rings is 1. The number of nitrogen functional groups attached to an aromatic ring is 1. The molecule has 0 aliphatic heterocycles. The number of nitrogens with two attached hydrogens (primary N) is 1. The smallest absolute Gasteiger partial charge is 0.263 e. The first-order valence-electron chi connectivity index (χ1n) is 7.58. The number of nitrogens with one attached hydrogen (secondary N) is 2. The summed E-state index contributed by atoms with van der Waals surface area (Å²) in [5.41, 5.74) is 6.51. The van der Waals surface area contributed by atoms with Crippen LogP contribution in [0.15, 0.2) is 6.07 Å². The maximum atomic E-state index is 11.8. The summed E-state index contributed by atoms with van der Waals surface area (Å²) in [5.74, 6) is 0.824. The highest BCUT2D eigenvalue weighted by Gasteiger charge is 2.21. The van der Waals surface area contributed by atoms with Gasteiger partial charge < -0.3 is 16.4 Å². The van der Waals surface area contributed by atoms with E-state index in [-0.39, 0.29) is 5.91 Å². The molecule has 0 radical (unpaired) electrons. The van der Waals surface area contributed by atoms with Gasteiger partial charge in [-0.2, -0.15) is 0 Å². The Labute approximate surface area is 125 Å². The van der Waals surface area contributed by atoms with Crippen molar-refractivity contribution in [3.8, 4) is 0 Å². The molecule has 2 rings (SSSR count). The minimum atomic E-state index is -0.0715. The van der Waals surface area contributed by atoms with Crippen molar-refractivity contribution in [1.82, 2.24) is 5.32 Å². The molecule has 1 aromatic heterocycles. The fraction of sp³-hybridized carbons (Fsp3) is 0.667. The van der Waals surface area contributed by atoms with E-state index in [2.05, 4.69) is 17.6 Å². The van der Waals surface area contributed by atoms with Crippen molar-refractivity contribution < 1.29 is 4.79 Å². The zero-order valence-corrected chi connectivity index (χ0v) is 13.2. The average Bonchev–Trinajstić information content (AvgIpc) is 2.81. The molecule has 1 heterocycles. The van der Waals surface area contributed by atoms with E-state index in [1.807, 2.05) is 13.0 Å². The Hall–Kier alpha value is -1.23. The second kappa shape index (κ2) is 6.97. The van der Waals surface area contributed by atoms with Crippen LogP contribution in [0.4, 0.5) is 10.7 Å². The number of hydrogen-bond donors (Lipinski definition) is 3. The molecular formula is C15H25N3OS. The highest BCUT2D eigenvalue weighted by Crippen LogP contribution is 2.33. The van der Waals surface area contributed by atoms with Crippen LogP contribution in [0.5, 0.6) is 0 Å². The lowest BCUT2D eigenvalue weighted by Gasteiger charge is -2.28. The van der Waals surface area contributed by atoms with Crippen LogP contribution in [0, 0.1) is 5.92 Å². The van der Waals surface area contributed by atoms with Crippen molar-refractivity contribution in [2.45, 2.75) is 52.0 Å². The Morgan fingerprint density at radius 1 is 1.35 bits per heavy atom. The number of carbonyl (C=O) groups excluding carboxylic acids is 1. The first kappa shape index (κ1) is 15.2. The third-order valence-electron chi connectivity index (χ3n) is 4.07. The first-order chi connectivity index (χ1) is 9.63. The van der Waals surface area contributed by atoms with Crippen LogP contribution in [0.25, 0.3) is 0 Å². The predicted octanol–water partition coefficient (Wildman–Crippen LogP) is 3.46. The maximum absolute atomic E-state index is 11.8. The van der Waals surface area contributed by atoms with Crippen LogP contribution in [0.2, 0.25) is 0 Å². The van der Waals surface area contributed by atoms with Crippen LogP contribution in [-0.4, -0.2) is 18.5 Å². The van der Waals surface area contributed by atoms with Gasteiger partial charge in [-0.1, -0.05) is 13.3 Å². The standard InChI is InChI=1S/C15H25N3OS/c1-3-10-5-7-11(8-6-10)18-13-9-12(16)14(20-13)15(19)17-4-2/h9-11,18H,3-8,16H2,1-2H3,(H,17,19). The van der Waals surface area contributed by atoms with Crippen LogP contribution >= 0.6 is 11.3 Å². The molecule has 1 aliphatic carbocycles. The molecule has 1 saturated carbocycles. The highest BCUT2D eigenvalue weighted by atomic mass is 32.1. The molecule has 4 N–H and O–H groups in total. The monoisotopic (exact) mass is 295 g/mol. The third-order valence-corrected chi connectivity index (χ3v) is 5.16. The summed E-state index contributed by atoms with van der Waals surface area (Å²) in [4.78, 5) is 12.5. The fourth-order valence-electron chi connectivity index (χ4n) is 2.81. The number of rotatable bonds is 5. The first-order valence-corrected chi connectivity index (χ1v) is 8.39. The van der Waals surface area contributed by atoms with E-state index in [4.69, 9.17) is 5.73 Å². The summed E-state index contributed by atoms with van der Waals surface area (Å²) in [5, 5.41) is 7.36. The lowest BCUT2D eigenvalue weighted by atomic mass is 9.84. The molecule has 0 spiro atoms. The minimum absolute atomic E-state index is 0.0715. The van der Waals surface area contributed by atoms with Gasteiger partial charge in [0.1, 0.15) is 4.88 Å². The number of hydrogen-bond acceptors (Lipinski definition) is 4. The van der Waals surface area contributed by atoms with Crippen molar-refractivity contribution in [1.29, 1.82) is 0 Å². The molecule has 4 nitrogen and oxygen atoms in total.